The molecule has 80 valence electrons. The third-order valence-corrected chi connectivity index (χ3v) is 2.04. The number of para-hydroxylation sites is 1. The molecular formula is C11H9N3O2. The fraction of sp³-hybridized carbons (Fsp3) is 0. The molecule has 1 heterocycles. The summed E-state index contributed by atoms with van der Waals surface area (Å²) < 4.78 is 0. The number of aromatic amines is 1. The van der Waals surface area contributed by atoms with Gasteiger partial charge in [0.1, 0.15) is 0 Å². The minimum absolute atomic E-state index is 0.119. The number of aromatic nitrogens is 2. The molecule has 16 heavy (non-hydrogen) atoms. The summed E-state index contributed by atoms with van der Waals surface area (Å²) in [5.41, 5.74) is 0.246. The summed E-state index contributed by atoms with van der Waals surface area (Å²) >= 11 is 0. The monoisotopic (exact) mass is 215 g/mol. The topological polar surface area (TPSA) is 74.8 Å². The van der Waals surface area contributed by atoms with Crippen LogP contribution in [0.2, 0.25) is 0 Å². The Balaban J connectivity index is 2.54. The molecule has 0 saturated carbocycles. The van der Waals surface area contributed by atoms with Crippen LogP contribution in [0.1, 0.15) is 0 Å². The second-order valence-electron chi connectivity index (χ2n) is 3.13. The van der Waals surface area contributed by atoms with Crippen LogP contribution in [0.4, 0.5) is 5.95 Å². The van der Waals surface area contributed by atoms with Crippen molar-refractivity contribution in [2.45, 2.75) is 0 Å². The van der Waals surface area contributed by atoms with Gasteiger partial charge in [0.15, 0.2) is 0 Å². The summed E-state index contributed by atoms with van der Waals surface area (Å²) in [7, 11) is 0. The first-order valence-electron chi connectivity index (χ1n) is 4.63. The van der Waals surface area contributed by atoms with Crippen molar-refractivity contribution in [3.63, 3.8) is 0 Å². The van der Waals surface area contributed by atoms with E-state index in [2.05, 4.69) is 21.9 Å². The maximum atomic E-state index is 11.6. The van der Waals surface area contributed by atoms with E-state index in [4.69, 9.17) is 0 Å². The summed E-state index contributed by atoms with van der Waals surface area (Å²) in [5.74, 6) is -0.299. The minimum Gasteiger partial charge on any atom is -0.292 e. The Kier molecular flexibility index (Phi) is 2.51. The standard InChI is InChI=1S/C11H9N3O2/c1-2-9(15)13-11-12-8-6-4-3-5-7(8)10(16)14-11/h2-6H,1H2,(H2,12,13,14,15,16). The zero-order chi connectivity index (χ0) is 11.5. The Morgan fingerprint density at radius 1 is 1.44 bits per heavy atom. The number of nitrogens with zero attached hydrogens (tertiary/aromatic N) is 1. The van der Waals surface area contributed by atoms with Gasteiger partial charge < -0.3 is 0 Å². The number of carbonyl (C=O) groups excluding carboxylic acids is 1. The molecule has 5 nitrogen and oxygen atoms in total. The van der Waals surface area contributed by atoms with E-state index in [1.54, 1.807) is 24.3 Å². The number of carbonyl (C=O) groups is 1. The van der Waals surface area contributed by atoms with E-state index < -0.39 is 5.91 Å². The first-order valence-corrected chi connectivity index (χ1v) is 4.63. The predicted octanol–water partition coefficient (Wildman–Crippen LogP) is 1.05. The van der Waals surface area contributed by atoms with Crippen molar-refractivity contribution in [1.29, 1.82) is 0 Å². The van der Waals surface area contributed by atoms with Crippen molar-refractivity contribution in [1.82, 2.24) is 9.97 Å². The van der Waals surface area contributed by atoms with Crippen LogP contribution in [0.15, 0.2) is 41.7 Å². The first-order chi connectivity index (χ1) is 7.70. The van der Waals surface area contributed by atoms with Crippen molar-refractivity contribution >= 4 is 22.8 Å². The molecular weight excluding hydrogens is 206 g/mol. The zero-order valence-electron chi connectivity index (χ0n) is 8.36. The molecule has 0 radical (unpaired) electrons. The third-order valence-electron chi connectivity index (χ3n) is 2.04. The number of H-pyrrole nitrogens is 1. The fourth-order valence-corrected chi connectivity index (χ4v) is 1.31. The Bertz CT molecular complexity index is 616. The molecule has 0 fully saturated rings. The van der Waals surface area contributed by atoms with Crippen molar-refractivity contribution in [2.24, 2.45) is 0 Å². The summed E-state index contributed by atoms with van der Waals surface area (Å²) in [6.07, 6.45) is 1.11. The molecule has 0 bridgehead atoms. The van der Waals surface area contributed by atoms with E-state index in [1.807, 2.05) is 0 Å². The molecule has 2 N–H and O–H groups in total. The second kappa shape index (κ2) is 3.98. The number of nitrogens with one attached hydrogen (secondary N) is 2. The van der Waals surface area contributed by atoms with Gasteiger partial charge in [-0.1, -0.05) is 18.7 Å². The Labute approximate surface area is 90.8 Å². The van der Waals surface area contributed by atoms with Gasteiger partial charge in [-0.25, -0.2) is 4.98 Å². The molecule has 1 amide bonds. The number of hydrogen-bond acceptors (Lipinski definition) is 3. The minimum atomic E-state index is -0.418. The lowest BCUT2D eigenvalue weighted by Gasteiger charge is -2.02. The Morgan fingerprint density at radius 2 is 2.19 bits per heavy atom. The Morgan fingerprint density at radius 3 is 2.94 bits per heavy atom. The molecule has 1 aromatic heterocycles. The molecule has 0 saturated heterocycles. The van der Waals surface area contributed by atoms with Gasteiger partial charge in [0, 0.05) is 0 Å². The van der Waals surface area contributed by atoms with Crippen LogP contribution in [0.3, 0.4) is 0 Å². The van der Waals surface area contributed by atoms with Crippen molar-refractivity contribution < 1.29 is 4.79 Å². The van der Waals surface area contributed by atoms with Crippen LogP contribution < -0.4 is 10.9 Å². The number of amides is 1. The predicted molar refractivity (Wildman–Crippen MR) is 61.2 cm³/mol. The van der Waals surface area contributed by atoms with Crippen molar-refractivity contribution in [2.75, 3.05) is 5.32 Å². The number of rotatable bonds is 2. The Hall–Kier alpha value is -2.43. The van der Waals surface area contributed by atoms with E-state index in [-0.39, 0.29) is 11.5 Å². The van der Waals surface area contributed by atoms with Crippen molar-refractivity contribution in [3.05, 3.63) is 47.3 Å². The maximum absolute atomic E-state index is 11.6. The van der Waals surface area contributed by atoms with Gasteiger partial charge in [0.05, 0.1) is 10.9 Å². The average Bonchev–Trinajstić information content (AvgIpc) is 2.29. The van der Waals surface area contributed by atoms with Crippen LogP contribution >= 0.6 is 0 Å². The van der Waals surface area contributed by atoms with Gasteiger partial charge in [-0.05, 0) is 18.2 Å². The van der Waals surface area contributed by atoms with Gasteiger partial charge in [0.25, 0.3) is 5.56 Å². The highest BCUT2D eigenvalue weighted by Crippen LogP contribution is 2.07. The molecule has 1 aromatic carbocycles. The SMILES string of the molecule is C=CC(=O)Nc1nc2ccccc2c(=O)[nH]1. The number of hydrogen-bond donors (Lipinski definition) is 2. The van der Waals surface area contributed by atoms with E-state index in [0.717, 1.165) is 6.08 Å². The molecule has 5 heteroatoms. The number of fused-ring (bicyclic) bond motifs is 1. The molecule has 0 atom stereocenters. The van der Waals surface area contributed by atoms with Crippen LogP contribution in [-0.2, 0) is 4.79 Å². The highest BCUT2D eigenvalue weighted by molar-refractivity contribution is 5.98. The van der Waals surface area contributed by atoms with E-state index >= 15 is 0 Å². The molecule has 0 unspecified atom stereocenters. The molecule has 0 spiro atoms. The first kappa shape index (κ1) is 10.1. The lowest BCUT2D eigenvalue weighted by Crippen LogP contribution is -2.16. The second-order valence-corrected chi connectivity index (χ2v) is 3.13. The van der Waals surface area contributed by atoms with Gasteiger partial charge in [-0.2, -0.15) is 0 Å². The van der Waals surface area contributed by atoms with Crippen molar-refractivity contribution in [3.8, 4) is 0 Å². The molecule has 0 aliphatic heterocycles. The van der Waals surface area contributed by atoms with E-state index in [0.29, 0.717) is 10.9 Å². The fourth-order valence-electron chi connectivity index (χ4n) is 1.31. The zero-order valence-corrected chi connectivity index (χ0v) is 8.36. The lowest BCUT2D eigenvalue weighted by atomic mass is 10.2. The van der Waals surface area contributed by atoms with Gasteiger partial charge in [0.2, 0.25) is 11.9 Å². The summed E-state index contributed by atoms with van der Waals surface area (Å²) in [4.78, 5) is 29.2. The normalized spacial score (nSPS) is 10.0. The summed E-state index contributed by atoms with van der Waals surface area (Å²) in [6.45, 7) is 3.31. The van der Waals surface area contributed by atoms with E-state index in [1.165, 1.54) is 0 Å². The molecule has 0 aliphatic carbocycles. The van der Waals surface area contributed by atoms with Gasteiger partial charge in [-0.15, -0.1) is 0 Å². The largest absolute Gasteiger partial charge is 0.292 e. The molecule has 2 rings (SSSR count). The third kappa shape index (κ3) is 1.83. The van der Waals surface area contributed by atoms with Crippen LogP contribution in [0.25, 0.3) is 10.9 Å². The van der Waals surface area contributed by atoms with E-state index in [9.17, 15) is 9.59 Å². The quantitative estimate of drug-likeness (QED) is 0.735. The number of benzene rings is 1. The highest BCUT2D eigenvalue weighted by atomic mass is 16.2. The summed E-state index contributed by atoms with van der Waals surface area (Å²) in [5, 5.41) is 2.89. The van der Waals surface area contributed by atoms with Crippen LogP contribution in [-0.4, -0.2) is 15.9 Å². The molecule has 2 aromatic rings. The number of anilines is 1. The highest BCUT2D eigenvalue weighted by Gasteiger charge is 2.04. The van der Waals surface area contributed by atoms with Crippen LogP contribution in [0, 0.1) is 0 Å². The van der Waals surface area contributed by atoms with Crippen LogP contribution in [0.5, 0.6) is 0 Å². The van der Waals surface area contributed by atoms with Gasteiger partial charge in [-0.3, -0.25) is 19.9 Å². The molecule has 0 aliphatic rings. The smallest absolute Gasteiger partial charge is 0.260 e. The lowest BCUT2D eigenvalue weighted by molar-refractivity contribution is -0.111. The average molecular weight is 215 g/mol. The van der Waals surface area contributed by atoms with Gasteiger partial charge >= 0.3 is 0 Å². The maximum Gasteiger partial charge on any atom is 0.260 e. The summed E-state index contributed by atoms with van der Waals surface area (Å²) in [6, 6.07) is 6.89.